The topological polar surface area (TPSA) is 94.9 Å². The van der Waals surface area contributed by atoms with Gasteiger partial charge in [-0.15, -0.1) is 11.8 Å². The number of nitrogens with zero attached hydrogens (tertiary/aromatic N) is 1. The van der Waals surface area contributed by atoms with Gasteiger partial charge in [-0.3, -0.25) is 9.59 Å². The maximum Gasteiger partial charge on any atom is 0.335 e. The van der Waals surface area contributed by atoms with Gasteiger partial charge in [0.1, 0.15) is 0 Å². The number of carbonyl (C=O) groups is 3. The molecule has 1 atom stereocenters. The SMILES string of the molecule is CC1Sc2ccc(C(=O)O)cc2N(CCC(=O)O)C1=O. The zero-order valence-electron chi connectivity index (χ0n) is 10.7. The Hall–Kier alpha value is -2.02. The first-order valence-corrected chi connectivity index (χ1v) is 6.85. The normalized spacial score (nSPS) is 17.8. The van der Waals surface area contributed by atoms with Crippen LogP contribution in [0.4, 0.5) is 5.69 Å². The average Bonchev–Trinajstić information content (AvgIpc) is 2.38. The van der Waals surface area contributed by atoms with Crippen LogP contribution in [0.15, 0.2) is 23.1 Å². The maximum absolute atomic E-state index is 12.1. The van der Waals surface area contributed by atoms with Crippen molar-refractivity contribution in [3.63, 3.8) is 0 Å². The standard InChI is InChI=1S/C13H13NO5S/c1-7-12(17)14(5-4-11(15)16)9-6-8(13(18)19)2-3-10(9)20-7/h2-3,6-7H,4-5H2,1H3,(H,15,16)(H,18,19). The molecule has 1 aromatic carbocycles. The van der Waals surface area contributed by atoms with Gasteiger partial charge >= 0.3 is 11.9 Å². The second-order valence-electron chi connectivity index (χ2n) is 4.38. The van der Waals surface area contributed by atoms with Gasteiger partial charge in [0.15, 0.2) is 0 Å². The zero-order valence-corrected chi connectivity index (χ0v) is 11.5. The average molecular weight is 295 g/mol. The molecule has 1 amide bonds. The van der Waals surface area contributed by atoms with Crippen LogP contribution in [0.5, 0.6) is 0 Å². The van der Waals surface area contributed by atoms with Crippen LogP contribution < -0.4 is 4.90 Å². The van der Waals surface area contributed by atoms with E-state index in [0.717, 1.165) is 4.90 Å². The van der Waals surface area contributed by atoms with Crippen LogP contribution in [0, 0.1) is 0 Å². The van der Waals surface area contributed by atoms with Crippen molar-refractivity contribution in [3.05, 3.63) is 23.8 Å². The summed E-state index contributed by atoms with van der Waals surface area (Å²) in [5.41, 5.74) is 0.547. The fourth-order valence-electron chi connectivity index (χ4n) is 1.98. The summed E-state index contributed by atoms with van der Waals surface area (Å²) in [6.45, 7) is 1.78. The van der Waals surface area contributed by atoms with Gasteiger partial charge in [0.2, 0.25) is 5.91 Å². The Balaban J connectivity index is 2.40. The van der Waals surface area contributed by atoms with E-state index in [0.29, 0.717) is 5.69 Å². The summed E-state index contributed by atoms with van der Waals surface area (Å²) in [4.78, 5) is 36.0. The molecule has 0 aliphatic carbocycles. The van der Waals surface area contributed by atoms with Gasteiger partial charge in [-0.25, -0.2) is 4.79 Å². The first-order valence-electron chi connectivity index (χ1n) is 5.97. The Morgan fingerprint density at radius 1 is 1.35 bits per heavy atom. The minimum absolute atomic E-state index is 0.0368. The van der Waals surface area contributed by atoms with Crippen molar-refractivity contribution in [1.82, 2.24) is 0 Å². The van der Waals surface area contributed by atoms with Crippen LogP contribution in [0.3, 0.4) is 0 Å². The number of hydrogen-bond donors (Lipinski definition) is 2. The van der Waals surface area contributed by atoms with E-state index in [1.807, 2.05) is 0 Å². The van der Waals surface area contributed by atoms with E-state index >= 15 is 0 Å². The van der Waals surface area contributed by atoms with Gasteiger partial charge in [-0.1, -0.05) is 0 Å². The van der Waals surface area contributed by atoms with Crippen LogP contribution in [0.2, 0.25) is 0 Å². The van der Waals surface area contributed by atoms with Crippen LogP contribution in [0.1, 0.15) is 23.7 Å². The van der Waals surface area contributed by atoms with E-state index in [1.165, 1.54) is 28.8 Å². The number of fused-ring (bicyclic) bond motifs is 1. The molecule has 106 valence electrons. The lowest BCUT2D eigenvalue weighted by molar-refractivity contribution is -0.136. The van der Waals surface area contributed by atoms with E-state index in [4.69, 9.17) is 10.2 Å². The highest BCUT2D eigenvalue weighted by Crippen LogP contribution is 2.39. The van der Waals surface area contributed by atoms with Crippen molar-refractivity contribution >= 4 is 35.3 Å². The van der Waals surface area contributed by atoms with Crippen molar-refractivity contribution in [2.24, 2.45) is 0 Å². The number of benzene rings is 1. The highest BCUT2D eigenvalue weighted by atomic mass is 32.2. The van der Waals surface area contributed by atoms with E-state index < -0.39 is 11.9 Å². The molecule has 0 saturated heterocycles. The second-order valence-corrected chi connectivity index (χ2v) is 5.76. The molecule has 1 heterocycles. The van der Waals surface area contributed by atoms with Gasteiger partial charge in [0.05, 0.1) is 22.9 Å². The predicted octanol–water partition coefficient (Wildman–Crippen LogP) is 1.69. The molecule has 2 rings (SSSR count). The van der Waals surface area contributed by atoms with Gasteiger partial charge in [0, 0.05) is 11.4 Å². The predicted molar refractivity (Wildman–Crippen MR) is 73.3 cm³/mol. The highest BCUT2D eigenvalue weighted by molar-refractivity contribution is 8.00. The van der Waals surface area contributed by atoms with E-state index in [-0.39, 0.29) is 29.7 Å². The van der Waals surface area contributed by atoms with Gasteiger partial charge in [-0.05, 0) is 25.1 Å². The summed E-state index contributed by atoms with van der Waals surface area (Å²) in [5.74, 6) is -2.28. The molecule has 6 nitrogen and oxygen atoms in total. The zero-order chi connectivity index (χ0) is 14.9. The summed E-state index contributed by atoms with van der Waals surface area (Å²) < 4.78 is 0. The lowest BCUT2D eigenvalue weighted by Crippen LogP contribution is -2.41. The first-order chi connectivity index (χ1) is 9.40. The highest BCUT2D eigenvalue weighted by Gasteiger charge is 2.31. The quantitative estimate of drug-likeness (QED) is 0.877. The minimum atomic E-state index is -1.08. The Morgan fingerprint density at radius 2 is 2.05 bits per heavy atom. The number of hydrogen-bond acceptors (Lipinski definition) is 4. The summed E-state index contributed by atoms with van der Waals surface area (Å²) in [7, 11) is 0. The number of amides is 1. The molecule has 0 fully saturated rings. The molecule has 1 aromatic rings. The summed E-state index contributed by atoms with van der Waals surface area (Å²) in [5, 5.41) is 17.4. The summed E-state index contributed by atoms with van der Waals surface area (Å²) in [6.07, 6.45) is -0.181. The van der Waals surface area contributed by atoms with E-state index in [2.05, 4.69) is 0 Å². The number of carboxylic acid groups (broad SMARTS) is 2. The lowest BCUT2D eigenvalue weighted by atomic mass is 10.1. The number of carboxylic acids is 2. The Morgan fingerprint density at radius 3 is 2.65 bits per heavy atom. The molecule has 0 radical (unpaired) electrons. The first kappa shape index (κ1) is 14.4. The molecule has 20 heavy (non-hydrogen) atoms. The van der Waals surface area contributed by atoms with Crippen molar-refractivity contribution in [2.75, 3.05) is 11.4 Å². The summed E-state index contributed by atoms with van der Waals surface area (Å²) in [6, 6.07) is 4.54. The molecular weight excluding hydrogens is 282 g/mol. The number of aliphatic carboxylic acids is 1. The second kappa shape index (κ2) is 5.54. The fraction of sp³-hybridized carbons (Fsp3) is 0.308. The smallest absolute Gasteiger partial charge is 0.335 e. The van der Waals surface area contributed by atoms with Crippen LogP contribution >= 0.6 is 11.8 Å². The number of aromatic carboxylic acids is 1. The third kappa shape index (κ3) is 2.77. The van der Waals surface area contributed by atoms with Gasteiger partial charge in [0.25, 0.3) is 0 Å². The molecule has 2 N–H and O–H groups in total. The monoisotopic (exact) mass is 295 g/mol. The molecular formula is C13H13NO5S. The largest absolute Gasteiger partial charge is 0.481 e. The van der Waals surface area contributed by atoms with Crippen molar-refractivity contribution in [1.29, 1.82) is 0 Å². The Bertz CT molecular complexity index is 586. The van der Waals surface area contributed by atoms with Crippen LogP contribution in [-0.4, -0.2) is 39.9 Å². The molecule has 0 saturated carbocycles. The third-order valence-electron chi connectivity index (χ3n) is 2.96. The van der Waals surface area contributed by atoms with Crippen molar-refractivity contribution < 1.29 is 24.6 Å². The number of rotatable bonds is 4. The molecule has 1 unspecified atom stereocenters. The van der Waals surface area contributed by atoms with Crippen LogP contribution in [0.25, 0.3) is 0 Å². The maximum atomic E-state index is 12.1. The number of carbonyl (C=O) groups excluding carboxylic acids is 1. The van der Waals surface area contributed by atoms with Crippen LogP contribution in [-0.2, 0) is 9.59 Å². The molecule has 0 bridgehead atoms. The molecule has 7 heteroatoms. The molecule has 1 aliphatic rings. The fourth-order valence-corrected chi connectivity index (χ4v) is 3.02. The Kier molecular flexibility index (Phi) is 3.99. The number of anilines is 1. The molecule has 0 spiro atoms. The minimum Gasteiger partial charge on any atom is -0.481 e. The number of thioether (sulfide) groups is 1. The Labute approximate surface area is 119 Å². The van der Waals surface area contributed by atoms with Gasteiger partial charge in [-0.2, -0.15) is 0 Å². The van der Waals surface area contributed by atoms with E-state index in [9.17, 15) is 14.4 Å². The van der Waals surface area contributed by atoms with Gasteiger partial charge < -0.3 is 15.1 Å². The lowest BCUT2D eigenvalue weighted by Gasteiger charge is -2.32. The summed E-state index contributed by atoms with van der Waals surface area (Å²) >= 11 is 1.35. The van der Waals surface area contributed by atoms with Crippen molar-refractivity contribution in [3.8, 4) is 0 Å². The van der Waals surface area contributed by atoms with E-state index in [1.54, 1.807) is 13.0 Å². The molecule has 1 aliphatic heterocycles. The molecule has 0 aromatic heterocycles. The van der Waals surface area contributed by atoms with Crippen molar-refractivity contribution in [2.45, 2.75) is 23.5 Å². The third-order valence-corrected chi connectivity index (χ3v) is 4.12.